The molecule has 0 atom stereocenters. The molecule has 0 radical (unpaired) electrons. The monoisotopic (exact) mass is 338 g/mol. The van der Waals surface area contributed by atoms with Gasteiger partial charge in [-0.1, -0.05) is 74.0 Å². The minimum Gasteiger partial charge on any atom is -0.501 e. The molecule has 0 amide bonds. The van der Waals surface area contributed by atoms with Gasteiger partial charge in [0.25, 0.3) is 0 Å². The van der Waals surface area contributed by atoms with E-state index in [1.54, 1.807) is 12.3 Å². The van der Waals surface area contributed by atoms with Crippen LogP contribution in [0.5, 0.6) is 0 Å². The Morgan fingerprint density at radius 3 is 1.88 bits per heavy atom. The number of unbranched alkanes of at least 4 members (excludes halogenated alkanes) is 1. The van der Waals surface area contributed by atoms with Crippen LogP contribution in [-0.2, 0) is 14.3 Å². The van der Waals surface area contributed by atoms with Crippen LogP contribution in [0.1, 0.15) is 37.8 Å². The number of rotatable bonds is 7. The van der Waals surface area contributed by atoms with Gasteiger partial charge in [-0.25, -0.2) is 0 Å². The number of benzene rings is 2. The summed E-state index contributed by atoms with van der Waals surface area (Å²) in [6.45, 7) is 4.35. The summed E-state index contributed by atoms with van der Waals surface area (Å²) >= 11 is 0. The molecule has 0 spiro atoms. The third-order valence-electron chi connectivity index (χ3n) is 3.07. The largest absolute Gasteiger partial charge is 0.501 e. The van der Waals surface area contributed by atoms with Gasteiger partial charge in [0.15, 0.2) is 0 Å². The van der Waals surface area contributed by atoms with Crippen molar-refractivity contribution < 1.29 is 14.3 Å². The van der Waals surface area contributed by atoms with E-state index < -0.39 is 0 Å². The molecule has 0 saturated heterocycles. The number of hydrogen-bond acceptors (Lipinski definition) is 3. The lowest BCUT2D eigenvalue weighted by Crippen LogP contribution is -1.88. The lowest BCUT2D eigenvalue weighted by molar-refractivity contribution is -0.135. The maximum Gasteiger partial charge on any atom is 0.307 e. The Bertz CT molecular complexity index is 631. The van der Waals surface area contributed by atoms with Crippen LogP contribution < -0.4 is 0 Å². The van der Waals surface area contributed by atoms with Crippen LogP contribution in [0.3, 0.4) is 0 Å². The van der Waals surface area contributed by atoms with E-state index in [2.05, 4.69) is 23.8 Å². The van der Waals surface area contributed by atoms with Gasteiger partial charge in [0.2, 0.25) is 0 Å². The molecular formula is C22H26O3. The van der Waals surface area contributed by atoms with Gasteiger partial charge >= 0.3 is 5.97 Å². The Morgan fingerprint density at radius 2 is 1.40 bits per heavy atom. The van der Waals surface area contributed by atoms with E-state index in [4.69, 9.17) is 4.74 Å². The van der Waals surface area contributed by atoms with Crippen LogP contribution in [0, 0.1) is 0 Å². The highest BCUT2D eigenvalue weighted by Gasteiger charge is 1.86. The van der Waals surface area contributed by atoms with Gasteiger partial charge in [-0.3, -0.25) is 4.79 Å². The van der Waals surface area contributed by atoms with Gasteiger partial charge in [0.05, 0.1) is 19.1 Å². The quantitative estimate of drug-likeness (QED) is 0.369. The van der Waals surface area contributed by atoms with Crippen molar-refractivity contribution >= 4 is 18.1 Å². The molecule has 0 N–H and O–H groups in total. The zero-order valence-corrected chi connectivity index (χ0v) is 14.9. The molecule has 0 bridgehead atoms. The maximum atomic E-state index is 10.4. The molecule has 2 aromatic carbocycles. The summed E-state index contributed by atoms with van der Waals surface area (Å²) in [7, 11) is 0. The molecule has 0 heterocycles. The van der Waals surface area contributed by atoms with Crippen molar-refractivity contribution in [3.05, 3.63) is 84.3 Å². The first kappa shape index (κ1) is 20.2. The molecule has 0 saturated carbocycles. The average Bonchev–Trinajstić information content (AvgIpc) is 2.64. The molecule has 0 fully saturated rings. The van der Waals surface area contributed by atoms with Gasteiger partial charge in [-0.15, -0.1) is 0 Å². The first-order valence-electron chi connectivity index (χ1n) is 8.44. The molecule has 2 rings (SSSR count). The molecule has 132 valence electrons. The summed E-state index contributed by atoms with van der Waals surface area (Å²) in [6.07, 6.45) is 9.18. The second-order valence-electron chi connectivity index (χ2n) is 5.26. The van der Waals surface area contributed by atoms with Crippen LogP contribution in [0.2, 0.25) is 0 Å². The minimum absolute atomic E-state index is 0.304. The predicted octanol–water partition coefficient (Wildman–Crippen LogP) is 5.69. The molecule has 2 aromatic rings. The molecule has 3 heteroatoms. The molecule has 25 heavy (non-hydrogen) atoms. The zero-order valence-electron chi connectivity index (χ0n) is 14.9. The highest BCUT2D eigenvalue weighted by molar-refractivity contribution is 5.67. The number of hydrogen-bond donors (Lipinski definition) is 0. The van der Waals surface area contributed by atoms with Crippen LogP contribution in [0.15, 0.2) is 73.2 Å². The third kappa shape index (κ3) is 11.4. The number of carbonyl (C=O) groups is 1. The summed E-state index contributed by atoms with van der Waals surface area (Å²) in [5, 5.41) is 0. The Balaban J connectivity index is 0.000000251. The van der Waals surface area contributed by atoms with E-state index in [1.165, 1.54) is 25.2 Å². The van der Waals surface area contributed by atoms with Gasteiger partial charge in [0, 0.05) is 6.92 Å². The Morgan fingerprint density at radius 1 is 0.880 bits per heavy atom. The van der Waals surface area contributed by atoms with Crippen molar-refractivity contribution in [2.24, 2.45) is 0 Å². The van der Waals surface area contributed by atoms with E-state index >= 15 is 0 Å². The zero-order chi connectivity index (χ0) is 18.2. The molecule has 3 nitrogen and oxygen atoms in total. The fraction of sp³-hybridized carbons (Fsp3) is 0.227. The van der Waals surface area contributed by atoms with Crippen LogP contribution in [-0.4, -0.2) is 12.6 Å². The van der Waals surface area contributed by atoms with Gasteiger partial charge in [-0.05, 0) is 29.7 Å². The summed E-state index contributed by atoms with van der Waals surface area (Å²) in [5.74, 6) is -0.304. The molecule has 0 unspecified atom stereocenters. The Labute approximate surface area is 150 Å². The van der Waals surface area contributed by atoms with Crippen molar-refractivity contribution in [3.63, 3.8) is 0 Å². The molecule has 0 aliphatic rings. The summed E-state index contributed by atoms with van der Waals surface area (Å²) < 4.78 is 9.92. The smallest absolute Gasteiger partial charge is 0.307 e. The summed E-state index contributed by atoms with van der Waals surface area (Å²) in [4.78, 5) is 10.4. The SMILES string of the molecule is CC(=O)OC=Cc1ccccc1.CCCCOC=Cc1ccccc1. The van der Waals surface area contributed by atoms with E-state index in [9.17, 15) is 4.79 Å². The van der Waals surface area contributed by atoms with Crippen LogP contribution >= 0.6 is 0 Å². The average molecular weight is 338 g/mol. The lowest BCUT2D eigenvalue weighted by atomic mass is 10.2. The number of carbonyl (C=O) groups excluding carboxylic acids is 1. The van der Waals surface area contributed by atoms with Crippen molar-refractivity contribution in [1.29, 1.82) is 0 Å². The highest BCUT2D eigenvalue weighted by atomic mass is 16.5. The fourth-order valence-electron chi connectivity index (χ4n) is 1.76. The van der Waals surface area contributed by atoms with Crippen molar-refractivity contribution in [2.75, 3.05) is 6.61 Å². The van der Waals surface area contributed by atoms with Gasteiger partial charge < -0.3 is 9.47 Å². The summed E-state index contributed by atoms with van der Waals surface area (Å²) in [6, 6.07) is 19.8. The van der Waals surface area contributed by atoms with Crippen molar-refractivity contribution in [3.8, 4) is 0 Å². The van der Waals surface area contributed by atoms with Gasteiger partial charge in [0.1, 0.15) is 0 Å². The number of esters is 1. The lowest BCUT2D eigenvalue weighted by Gasteiger charge is -1.97. The summed E-state index contributed by atoms with van der Waals surface area (Å²) in [5.41, 5.74) is 2.19. The van der Waals surface area contributed by atoms with Crippen molar-refractivity contribution in [2.45, 2.75) is 26.7 Å². The Hall–Kier alpha value is -2.81. The molecular weight excluding hydrogens is 312 g/mol. The van der Waals surface area contributed by atoms with E-state index in [1.807, 2.05) is 54.6 Å². The van der Waals surface area contributed by atoms with Crippen LogP contribution in [0.4, 0.5) is 0 Å². The first-order valence-corrected chi connectivity index (χ1v) is 8.44. The minimum atomic E-state index is -0.304. The Kier molecular flexibility index (Phi) is 11.0. The normalized spacial score (nSPS) is 10.3. The van der Waals surface area contributed by atoms with E-state index in [-0.39, 0.29) is 5.97 Å². The third-order valence-corrected chi connectivity index (χ3v) is 3.07. The van der Waals surface area contributed by atoms with E-state index in [0.717, 1.165) is 18.6 Å². The number of ether oxygens (including phenoxy) is 2. The molecule has 0 aliphatic carbocycles. The second kappa shape index (κ2) is 13.6. The van der Waals surface area contributed by atoms with Crippen molar-refractivity contribution in [1.82, 2.24) is 0 Å². The van der Waals surface area contributed by atoms with Gasteiger partial charge in [-0.2, -0.15) is 0 Å². The predicted molar refractivity (Wildman–Crippen MR) is 104 cm³/mol. The second-order valence-corrected chi connectivity index (χ2v) is 5.26. The topological polar surface area (TPSA) is 35.5 Å². The molecule has 0 aromatic heterocycles. The standard InChI is InChI=1S/C12H16O.C10H10O2/c1-2-3-10-13-11-9-12-7-5-4-6-8-12;1-9(11)12-8-7-10-5-3-2-4-6-10/h4-9,11H,2-3,10H2,1H3;2-8H,1H3. The molecule has 0 aliphatic heterocycles. The fourth-order valence-corrected chi connectivity index (χ4v) is 1.76. The van der Waals surface area contributed by atoms with Crippen LogP contribution in [0.25, 0.3) is 12.2 Å². The first-order chi connectivity index (χ1) is 12.2. The van der Waals surface area contributed by atoms with E-state index in [0.29, 0.717) is 0 Å². The highest BCUT2D eigenvalue weighted by Crippen LogP contribution is 2.01. The maximum absolute atomic E-state index is 10.4.